The summed E-state index contributed by atoms with van der Waals surface area (Å²) in [5, 5.41) is 15.5. The highest BCUT2D eigenvalue weighted by atomic mass is 16.1. The van der Waals surface area contributed by atoms with Gasteiger partial charge in [-0.25, -0.2) is 14.6 Å². The van der Waals surface area contributed by atoms with Crippen molar-refractivity contribution >= 4 is 27.8 Å². The quantitative estimate of drug-likeness (QED) is 0.464. The molecule has 0 bridgehead atoms. The average Bonchev–Trinajstić information content (AvgIpc) is 3.18. The van der Waals surface area contributed by atoms with Crippen molar-refractivity contribution in [2.45, 2.75) is 20.0 Å². The number of imidazole rings is 1. The molecule has 0 amide bonds. The van der Waals surface area contributed by atoms with Gasteiger partial charge in [-0.2, -0.15) is 10.4 Å². The highest BCUT2D eigenvalue weighted by Crippen LogP contribution is 2.20. The minimum atomic E-state index is -0.297. The first-order valence-electron chi connectivity index (χ1n) is 10.1. The second-order valence-electron chi connectivity index (χ2n) is 7.27. The lowest BCUT2D eigenvalue weighted by Crippen LogP contribution is -2.29. The topological polar surface area (TPSA) is 119 Å². The number of rotatable bonds is 6. The van der Waals surface area contributed by atoms with Crippen molar-refractivity contribution in [3.63, 3.8) is 0 Å². The Balaban J connectivity index is 1.83. The van der Waals surface area contributed by atoms with Gasteiger partial charge in [-0.1, -0.05) is 30.2 Å². The molecule has 1 aromatic carbocycles. The minimum absolute atomic E-state index is 0.132. The summed E-state index contributed by atoms with van der Waals surface area (Å²) in [7, 11) is 1.87. The van der Waals surface area contributed by atoms with Gasteiger partial charge < -0.3 is 10.6 Å². The Bertz CT molecular complexity index is 1470. The van der Waals surface area contributed by atoms with Crippen LogP contribution in [-0.2, 0) is 13.1 Å². The Kier molecular flexibility index (Phi) is 5.84. The van der Waals surface area contributed by atoms with Crippen LogP contribution in [0.1, 0.15) is 18.3 Å². The van der Waals surface area contributed by atoms with Crippen molar-refractivity contribution in [2.24, 2.45) is 5.73 Å². The summed E-state index contributed by atoms with van der Waals surface area (Å²) in [6, 6.07) is 11.5. The van der Waals surface area contributed by atoms with Gasteiger partial charge in [0.2, 0.25) is 5.95 Å². The van der Waals surface area contributed by atoms with Crippen molar-refractivity contribution in [3.05, 3.63) is 58.3 Å². The molecule has 0 aliphatic heterocycles. The largest absolute Gasteiger partial charge is 0.344 e. The summed E-state index contributed by atoms with van der Waals surface area (Å²) in [6.45, 7) is 3.25. The smallest absolute Gasteiger partial charge is 0.293 e. The number of nitrogens with two attached hydrogens (primary N) is 1. The van der Waals surface area contributed by atoms with E-state index in [1.165, 1.54) is 4.68 Å². The lowest BCUT2D eigenvalue weighted by atomic mass is 10.1. The Hall–Kier alpha value is -4.21. The normalized spacial score (nSPS) is 10.7. The fraction of sp³-hybridized carbons (Fsp3) is 0.261. The first kappa shape index (κ1) is 21.0. The van der Waals surface area contributed by atoms with Gasteiger partial charge in [-0.3, -0.25) is 9.36 Å². The van der Waals surface area contributed by atoms with Gasteiger partial charge in [0, 0.05) is 25.5 Å². The number of anilines is 1. The summed E-state index contributed by atoms with van der Waals surface area (Å²) in [4.78, 5) is 24.3. The summed E-state index contributed by atoms with van der Waals surface area (Å²) < 4.78 is 3.13. The molecule has 160 valence electrons. The van der Waals surface area contributed by atoms with Crippen molar-refractivity contribution in [3.8, 4) is 17.9 Å². The Labute approximate surface area is 184 Å². The maximum absolute atomic E-state index is 13.4. The molecule has 2 N–H and O–H groups in total. The van der Waals surface area contributed by atoms with Crippen LogP contribution in [0.5, 0.6) is 0 Å². The van der Waals surface area contributed by atoms with Crippen LogP contribution in [0, 0.1) is 23.2 Å². The monoisotopic (exact) mass is 426 g/mol. The molecule has 0 saturated carbocycles. The maximum atomic E-state index is 13.4. The van der Waals surface area contributed by atoms with Crippen LogP contribution in [0.25, 0.3) is 21.8 Å². The lowest BCUT2D eigenvalue weighted by molar-refractivity contribution is 0.631. The fourth-order valence-corrected chi connectivity index (χ4v) is 3.65. The van der Waals surface area contributed by atoms with E-state index < -0.39 is 0 Å². The Morgan fingerprint density at radius 1 is 1.25 bits per heavy atom. The minimum Gasteiger partial charge on any atom is -0.344 e. The molecular formula is C23H22N8O. The van der Waals surface area contributed by atoms with Gasteiger partial charge in [0.25, 0.3) is 5.56 Å². The van der Waals surface area contributed by atoms with E-state index in [9.17, 15) is 10.1 Å². The average molecular weight is 426 g/mol. The molecule has 3 heterocycles. The number of likely N-dealkylation sites (N-methyl/N-ethyl adjacent to an activating group) is 1. The standard InChI is InChI=1S/C23H22N8O/c1-3-4-10-30-21-20(28-23(30)29(2)11-9-24)14-26-31(22(21)32)15-17-12-16-7-5-6-8-18(16)19(13-25)27-17/h5-8,12,14H,9-11,15,24H2,1-2H3. The van der Waals surface area contributed by atoms with E-state index in [2.05, 4.69) is 33.0 Å². The summed E-state index contributed by atoms with van der Waals surface area (Å²) >= 11 is 0. The third-order valence-corrected chi connectivity index (χ3v) is 5.16. The molecule has 0 fully saturated rings. The number of nitrogens with zero attached hydrogens (tertiary/aromatic N) is 7. The van der Waals surface area contributed by atoms with Gasteiger partial charge >= 0.3 is 0 Å². The fourth-order valence-electron chi connectivity index (χ4n) is 3.65. The van der Waals surface area contributed by atoms with Gasteiger partial charge in [-0.15, -0.1) is 5.92 Å². The van der Waals surface area contributed by atoms with E-state index in [1.807, 2.05) is 42.3 Å². The van der Waals surface area contributed by atoms with E-state index in [0.29, 0.717) is 48.0 Å². The molecule has 0 radical (unpaired) electrons. The highest BCUT2D eigenvalue weighted by molar-refractivity contribution is 5.86. The van der Waals surface area contributed by atoms with E-state index in [-0.39, 0.29) is 12.1 Å². The SMILES string of the molecule is CC#CCn1c(N(C)CCN)nc2cnn(Cc3cc4ccccc4c(C#N)n3)c(=O)c21. The number of pyridine rings is 1. The molecule has 4 aromatic rings. The number of hydrogen-bond acceptors (Lipinski definition) is 7. The molecular weight excluding hydrogens is 404 g/mol. The van der Waals surface area contributed by atoms with E-state index in [1.54, 1.807) is 17.7 Å². The number of nitriles is 1. The van der Waals surface area contributed by atoms with Crippen molar-refractivity contribution in [1.82, 2.24) is 24.3 Å². The summed E-state index contributed by atoms with van der Waals surface area (Å²) in [6.07, 6.45) is 1.57. The maximum Gasteiger partial charge on any atom is 0.293 e. The number of benzene rings is 1. The van der Waals surface area contributed by atoms with E-state index in [4.69, 9.17) is 5.73 Å². The van der Waals surface area contributed by atoms with Crippen molar-refractivity contribution in [1.29, 1.82) is 5.26 Å². The zero-order chi connectivity index (χ0) is 22.7. The Morgan fingerprint density at radius 3 is 2.81 bits per heavy atom. The predicted molar refractivity (Wildman–Crippen MR) is 123 cm³/mol. The van der Waals surface area contributed by atoms with Crippen LogP contribution in [0.15, 0.2) is 41.3 Å². The molecule has 9 nitrogen and oxygen atoms in total. The molecule has 9 heteroatoms. The van der Waals surface area contributed by atoms with Crippen molar-refractivity contribution < 1.29 is 0 Å². The molecule has 3 aromatic heterocycles. The molecule has 0 aliphatic carbocycles. The van der Waals surface area contributed by atoms with Crippen LogP contribution >= 0.6 is 0 Å². The molecule has 0 saturated heterocycles. The number of aromatic nitrogens is 5. The van der Waals surface area contributed by atoms with Crippen LogP contribution in [0.2, 0.25) is 0 Å². The molecule has 0 unspecified atom stereocenters. The van der Waals surface area contributed by atoms with E-state index >= 15 is 0 Å². The summed E-state index contributed by atoms with van der Waals surface area (Å²) in [5.41, 5.74) is 7.21. The zero-order valence-electron chi connectivity index (χ0n) is 17.9. The first-order valence-corrected chi connectivity index (χ1v) is 10.1. The van der Waals surface area contributed by atoms with Gasteiger partial charge in [0.05, 0.1) is 25.0 Å². The number of hydrogen-bond donors (Lipinski definition) is 1. The third kappa shape index (κ3) is 3.78. The van der Waals surface area contributed by atoms with Gasteiger partial charge in [0.1, 0.15) is 22.8 Å². The third-order valence-electron chi connectivity index (χ3n) is 5.16. The predicted octanol–water partition coefficient (Wildman–Crippen LogP) is 1.48. The lowest BCUT2D eigenvalue weighted by Gasteiger charge is -2.17. The molecule has 32 heavy (non-hydrogen) atoms. The molecule has 0 atom stereocenters. The van der Waals surface area contributed by atoms with Gasteiger partial charge in [0.15, 0.2) is 0 Å². The summed E-state index contributed by atoms with van der Waals surface area (Å²) in [5.74, 6) is 6.49. The highest BCUT2D eigenvalue weighted by Gasteiger charge is 2.18. The number of fused-ring (bicyclic) bond motifs is 2. The first-order chi connectivity index (χ1) is 15.6. The zero-order valence-corrected chi connectivity index (χ0v) is 17.9. The van der Waals surface area contributed by atoms with Crippen LogP contribution in [0.4, 0.5) is 5.95 Å². The van der Waals surface area contributed by atoms with Crippen molar-refractivity contribution in [2.75, 3.05) is 25.0 Å². The van der Waals surface area contributed by atoms with Crippen LogP contribution in [-0.4, -0.2) is 44.5 Å². The molecule has 0 spiro atoms. The molecule has 4 rings (SSSR count). The molecule has 0 aliphatic rings. The second-order valence-corrected chi connectivity index (χ2v) is 7.27. The van der Waals surface area contributed by atoms with Crippen LogP contribution in [0.3, 0.4) is 0 Å². The van der Waals surface area contributed by atoms with Gasteiger partial charge in [-0.05, 0) is 18.4 Å². The van der Waals surface area contributed by atoms with Crippen LogP contribution < -0.4 is 16.2 Å². The second kappa shape index (κ2) is 8.88. The van der Waals surface area contributed by atoms with E-state index in [0.717, 1.165) is 10.8 Å². The Morgan fingerprint density at radius 2 is 2.06 bits per heavy atom.